The normalized spacial score (nSPS) is 10.9. The zero-order valence-electron chi connectivity index (χ0n) is 12.3. The molecule has 5 heteroatoms. The first-order chi connectivity index (χ1) is 10.1. The van der Waals surface area contributed by atoms with E-state index in [1.807, 2.05) is 49.3 Å². The molecule has 0 bridgehead atoms. The molecule has 0 saturated carbocycles. The number of thiophene rings is 1. The summed E-state index contributed by atoms with van der Waals surface area (Å²) in [5, 5.41) is 0. The minimum atomic E-state index is 0.0394. The highest BCUT2D eigenvalue weighted by atomic mass is 35.5. The van der Waals surface area contributed by atoms with Crippen molar-refractivity contribution in [2.45, 2.75) is 6.54 Å². The van der Waals surface area contributed by atoms with Crippen molar-refractivity contribution < 1.29 is 4.79 Å². The molecule has 1 heterocycles. The summed E-state index contributed by atoms with van der Waals surface area (Å²) in [7, 11) is 4.01. The first-order valence-electron chi connectivity index (χ1n) is 6.79. The number of halogens is 1. The van der Waals surface area contributed by atoms with Gasteiger partial charge in [-0.1, -0.05) is 41.9 Å². The molecule has 0 unspecified atom stereocenters. The number of hydrogen-bond acceptors (Lipinski definition) is 3. The molecular weight excluding hydrogens is 304 g/mol. The third-order valence-corrected chi connectivity index (χ3v) is 4.32. The highest BCUT2D eigenvalue weighted by molar-refractivity contribution is 7.17. The van der Waals surface area contributed by atoms with E-state index in [1.165, 1.54) is 11.3 Å². The van der Waals surface area contributed by atoms with E-state index in [0.29, 0.717) is 22.3 Å². The van der Waals surface area contributed by atoms with Gasteiger partial charge in [0.05, 0.1) is 9.21 Å². The monoisotopic (exact) mass is 322 g/mol. The van der Waals surface area contributed by atoms with E-state index >= 15 is 0 Å². The quantitative estimate of drug-likeness (QED) is 0.811. The molecule has 0 aliphatic heterocycles. The maximum absolute atomic E-state index is 12.6. The highest BCUT2D eigenvalue weighted by Crippen LogP contribution is 2.23. The fourth-order valence-corrected chi connectivity index (χ4v) is 2.97. The minimum Gasteiger partial charge on any atom is -0.332 e. The van der Waals surface area contributed by atoms with E-state index in [9.17, 15) is 4.79 Å². The molecule has 0 radical (unpaired) electrons. The van der Waals surface area contributed by atoms with Gasteiger partial charge in [-0.15, -0.1) is 11.3 Å². The highest BCUT2D eigenvalue weighted by Gasteiger charge is 2.18. The smallest absolute Gasteiger partial charge is 0.264 e. The molecule has 1 amide bonds. The zero-order valence-corrected chi connectivity index (χ0v) is 13.8. The van der Waals surface area contributed by atoms with E-state index in [1.54, 1.807) is 12.1 Å². The van der Waals surface area contributed by atoms with Gasteiger partial charge in [0.25, 0.3) is 5.91 Å². The van der Waals surface area contributed by atoms with Crippen LogP contribution in [0.5, 0.6) is 0 Å². The number of carbonyl (C=O) groups is 1. The average Bonchev–Trinajstić information content (AvgIpc) is 2.90. The summed E-state index contributed by atoms with van der Waals surface area (Å²) in [4.78, 5) is 17.3. The molecule has 0 aliphatic rings. The molecule has 0 atom stereocenters. The molecule has 1 aromatic heterocycles. The van der Waals surface area contributed by atoms with Crippen molar-refractivity contribution in [2.24, 2.45) is 0 Å². The summed E-state index contributed by atoms with van der Waals surface area (Å²) >= 11 is 7.27. The lowest BCUT2D eigenvalue weighted by atomic mass is 10.2. The van der Waals surface area contributed by atoms with Crippen LogP contribution >= 0.6 is 22.9 Å². The van der Waals surface area contributed by atoms with Gasteiger partial charge < -0.3 is 9.80 Å². The summed E-state index contributed by atoms with van der Waals surface area (Å²) in [6.07, 6.45) is 0. The number of amides is 1. The predicted octanol–water partition coefficient (Wildman–Crippen LogP) is 3.61. The van der Waals surface area contributed by atoms with Crippen molar-refractivity contribution in [1.29, 1.82) is 0 Å². The number of benzene rings is 1. The Labute approximate surface area is 134 Å². The third-order valence-electron chi connectivity index (χ3n) is 3.10. The Morgan fingerprint density at radius 2 is 1.81 bits per heavy atom. The maximum atomic E-state index is 12.6. The van der Waals surface area contributed by atoms with Gasteiger partial charge in [-0.3, -0.25) is 4.79 Å². The van der Waals surface area contributed by atoms with Crippen LogP contribution < -0.4 is 0 Å². The van der Waals surface area contributed by atoms with E-state index < -0.39 is 0 Å². The van der Waals surface area contributed by atoms with Crippen molar-refractivity contribution in [3.05, 3.63) is 57.2 Å². The number of nitrogens with zero attached hydrogens (tertiary/aromatic N) is 2. The van der Waals surface area contributed by atoms with Crippen LogP contribution in [-0.4, -0.2) is 42.9 Å². The average molecular weight is 323 g/mol. The molecule has 0 N–H and O–H groups in total. The number of hydrogen-bond donors (Lipinski definition) is 0. The van der Waals surface area contributed by atoms with Crippen LogP contribution in [0.2, 0.25) is 4.34 Å². The van der Waals surface area contributed by atoms with Crippen molar-refractivity contribution >= 4 is 28.8 Å². The van der Waals surface area contributed by atoms with Gasteiger partial charge in [-0.05, 0) is 31.8 Å². The van der Waals surface area contributed by atoms with Gasteiger partial charge in [0.15, 0.2) is 0 Å². The van der Waals surface area contributed by atoms with E-state index in [-0.39, 0.29) is 5.91 Å². The van der Waals surface area contributed by atoms with Crippen LogP contribution in [0.15, 0.2) is 42.5 Å². The SMILES string of the molecule is CN(C)CCN(Cc1ccccc1)C(=O)c1ccc(Cl)s1. The van der Waals surface area contributed by atoms with Gasteiger partial charge in [-0.2, -0.15) is 0 Å². The summed E-state index contributed by atoms with van der Waals surface area (Å²) in [5.41, 5.74) is 1.13. The molecule has 0 saturated heterocycles. The van der Waals surface area contributed by atoms with Crippen LogP contribution in [-0.2, 0) is 6.54 Å². The Hall–Kier alpha value is -1.36. The van der Waals surface area contributed by atoms with Crippen molar-refractivity contribution in [3.8, 4) is 0 Å². The Morgan fingerprint density at radius 3 is 2.38 bits per heavy atom. The van der Waals surface area contributed by atoms with Crippen LogP contribution in [0, 0.1) is 0 Å². The summed E-state index contributed by atoms with van der Waals surface area (Å²) in [5.74, 6) is 0.0394. The Kier molecular flexibility index (Phi) is 5.79. The standard InChI is InChI=1S/C16H19ClN2OS/c1-18(2)10-11-19(12-13-6-4-3-5-7-13)16(20)14-8-9-15(17)21-14/h3-9H,10-12H2,1-2H3. The minimum absolute atomic E-state index is 0.0394. The zero-order chi connectivity index (χ0) is 15.2. The summed E-state index contributed by atoms with van der Waals surface area (Å²) in [6.45, 7) is 2.14. The Morgan fingerprint density at radius 1 is 1.10 bits per heavy atom. The molecule has 1 aromatic carbocycles. The molecule has 112 valence electrons. The summed E-state index contributed by atoms with van der Waals surface area (Å²) < 4.78 is 0.644. The van der Waals surface area contributed by atoms with Gasteiger partial charge in [0.2, 0.25) is 0 Å². The lowest BCUT2D eigenvalue weighted by molar-refractivity contribution is 0.0737. The molecular formula is C16H19ClN2OS. The lowest BCUT2D eigenvalue weighted by Crippen LogP contribution is -2.35. The fraction of sp³-hybridized carbons (Fsp3) is 0.312. The molecule has 21 heavy (non-hydrogen) atoms. The summed E-state index contributed by atoms with van der Waals surface area (Å²) in [6, 6.07) is 13.6. The van der Waals surface area contributed by atoms with E-state index in [4.69, 9.17) is 11.6 Å². The largest absolute Gasteiger partial charge is 0.332 e. The fourth-order valence-electron chi connectivity index (χ4n) is 1.96. The number of carbonyl (C=O) groups excluding carboxylic acids is 1. The van der Waals surface area contributed by atoms with Crippen LogP contribution in [0.4, 0.5) is 0 Å². The lowest BCUT2D eigenvalue weighted by Gasteiger charge is -2.24. The van der Waals surface area contributed by atoms with E-state index in [0.717, 1.165) is 12.1 Å². The van der Waals surface area contributed by atoms with Crippen LogP contribution in [0.25, 0.3) is 0 Å². The third kappa shape index (κ3) is 4.84. The molecule has 0 fully saturated rings. The number of likely N-dealkylation sites (N-methyl/N-ethyl adjacent to an activating group) is 1. The second-order valence-electron chi connectivity index (χ2n) is 5.12. The van der Waals surface area contributed by atoms with Gasteiger partial charge in [0.1, 0.15) is 0 Å². The molecule has 2 aromatic rings. The Bertz CT molecular complexity index is 583. The number of rotatable bonds is 6. The second kappa shape index (κ2) is 7.59. The molecule has 3 nitrogen and oxygen atoms in total. The Balaban J connectivity index is 2.13. The van der Waals surface area contributed by atoms with Crippen molar-refractivity contribution in [3.63, 3.8) is 0 Å². The van der Waals surface area contributed by atoms with E-state index in [2.05, 4.69) is 4.90 Å². The van der Waals surface area contributed by atoms with Gasteiger partial charge >= 0.3 is 0 Å². The first kappa shape index (κ1) is 16.0. The molecule has 0 spiro atoms. The molecule has 0 aliphatic carbocycles. The van der Waals surface area contributed by atoms with Crippen molar-refractivity contribution in [2.75, 3.05) is 27.2 Å². The van der Waals surface area contributed by atoms with Crippen LogP contribution in [0.3, 0.4) is 0 Å². The van der Waals surface area contributed by atoms with Gasteiger partial charge in [0, 0.05) is 19.6 Å². The van der Waals surface area contributed by atoms with Crippen molar-refractivity contribution in [1.82, 2.24) is 9.80 Å². The van der Waals surface area contributed by atoms with Crippen LogP contribution in [0.1, 0.15) is 15.2 Å². The molecule has 2 rings (SSSR count). The topological polar surface area (TPSA) is 23.6 Å². The van der Waals surface area contributed by atoms with Gasteiger partial charge in [-0.25, -0.2) is 0 Å². The first-order valence-corrected chi connectivity index (χ1v) is 7.99. The second-order valence-corrected chi connectivity index (χ2v) is 6.83. The predicted molar refractivity (Wildman–Crippen MR) is 89.1 cm³/mol. The maximum Gasteiger partial charge on any atom is 0.264 e.